The minimum atomic E-state index is -0.480. The third-order valence-corrected chi connectivity index (χ3v) is 3.38. The number of hydrogen-bond donors (Lipinski definition) is 1. The van der Waals surface area contributed by atoms with Crippen molar-refractivity contribution in [3.05, 3.63) is 75.8 Å². The second-order valence-electron chi connectivity index (χ2n) is 5.45. The first-order valence-electron chi connectivity index (χ1n) is 7.29. The fourth-order valence-corrected chi connectivity index (χ4v) is 2.01. The van der Waals surface area contributed by atoms with E-state index < -0.39 is 4.92 Å². The van der Waals surface area contributed by atoms with Crippen LogP contribution < -0.4 is 5.32 Å². The van der Waals surface area contributed by atoms with Crippen LogP contribution in [0.2, 0.25) is 0 Å². The second kappa shape index (κ2) is 7.35. The number of nitro groups is 1. The third-order valence-electron chi connectivity index (χ3n) is 3.38. The molecule has 23 heavy (non-hydrogen) atoms. The number of amides is 1. The van der Waals surface area contributed by atoms with Gasteiger partial charge in [-0.1, -0.05) is 38.1 Å². The SMILES string of the molecule is CC(C)c1ccc(/C=C/C(=O)Nc2ccc([N+](=O)[O-])cc2)cc1. The third kappa shape index (κ3) is 4.78. The van der Waals surface area contributed by atoms with Crippen molar-refractivity contribution in [2.24, 2.45) is 0 Å². The summed E-state index contributed by atoms with van der Waals surface area (Å²) in [6.07, 6.45) is 3.16. The highest BCUT2D eigenvalue weighted by molar-refractivity contribution is 6.01. The van der Waals surface area contributed by atoms with Crippen molar-refractivity contribution in [1.82, 2.24) is 0 Å². The molecule has 1 N–H and O–H groups in total. The molecule has 0 aliphatic rings. The van der Waals surface area contributed by atoms with Gasteiger partial charge in [-0.25, -0.2) is 0 Å². The standard InChI is InChI=1S/C18H18N2O3/c1-13(2)15-6-3-14(4-7-15)5-12-18(21)19-16-8-10-17(11-9-16)20(22)23/h3-13H,1-2H3,(H,19,21)/b12-5+. The van der Waals surface area contributed by atoms with Crippen LogP contribution in [0.15, 0.2) is 54.6 Å². The Balaban J connectivity index is 1.97. The molecule has 0 saturated carbocycles. The summed E-state index contributed by atoms with van der Waals surface area (Å²) in [5.74, 6) is 0.185. The number of nitrogens with one attached hydrogen (secondary N) is 1. The molecular weight excluding hydrogens is 292 g/mol. The minimum Gasteiger partial charge on any atom is -0.323 e. The van der Waals surface area contributed by atoms with E-state index in [1.807, 2.05) is 24.3 Å². The molecule has 0 heterocycles. The topological polar surface area (TPSA) is 72.2 Å². The van der Waals surface area contributed by atoms with Crippen LogP contribution in [-0.2, 0) is 4.79 Å². The Kier molecular flexibility index (Phi) is 5.25. The number of anilines is 1. The Morgan fingerprint density at radius 1 is 1.09 bits per heavy atom. The number of hydrogen-bond acceptors (Lipinski definition) is 3. The molecule has 0 aliphatic carbocycles. The highest BCUT2D eigenvalue weighted by Crippen LogP contribution is 2.16. The summed E-state index contributed by atoms with van der Waals surface area (Å²) in [5.41, 5.74) is 2.69. The maximum Gasteiger partial charge on any atom is 0.269 e. The van der Waals surface area contributed by atoms with Gasteiger partial charge in [0.25, 0.3) is 5.69 Å². The quantitative estimate of drug-likeness (QED) is 0.506. The van der Waals surface area contributed by atoms with Crippen LogP contribution in [0.25, 0.3) is 6.08 Å². The Hall–Kier alpha value is -2.95. The second-order valence-corrected chi connectivity index (χ2v) is 5.45. The zero-order valence-electron chi connectivity index (χ0n) is 13.0. The van der Waals surface area contributed by atoms with Gasteiger partial charge < -0.3 is 5.32 Å². The van der Waals surface area contributed by atoms with Gasteiger partial charge in [-0.15, -0.1) is 0 Å². The molecule has 0 saturated heterocycles. The first-order valence-corrected chi connectivity index (χ1v) is 7.29. The highest BCUT2D eigenvalue weighted by Gasteiger charge is 2.05. The summed E-state index contributed by atoms with van der Waals surface area (Å²) < 4.78 is 0. The number of carbonyl (C=O) groups excluding carboxylic acids is 1. The van der Waals surface area contributed by atoms with Crippen LogP contribution >= 0.6 is 0 Å². The van der Waals surface area contributed by atoms with Crippen molar-refractivity contribution in [2.45, 2.75) is 19.8 Å². The Morgan fingerprint density at radius 2 is 1.70 bits per heavy atom. The van der Waals surface area contributed by atoms with Crippen LogP contribution in [0.5, 0.6) is 0 Å². The minimum absolute atomic E-state index is 0.0104. The van der Waals surface area contributed by atoms with Gasteiger partial charge in [0.15, 0.2) is 0 Å². The molecule has 0 atom stereocenters. The summed E-state index contributed by atoms with van der Waals surface area (Å²) >= 11 is 0. The summed E-state index contributed by atoms with van der Waals surface area (Å²) in [4.78, 5) is 21.9. The van der Waals surface area contributed by atoms with Crippen LogP contribution in [0, 0.1) is 10.1 Å². The van der Waals surface area contributed by atoms with Crippen molar-refractivity contribution in [2.75, 3.05) is 5.32 Å². The van der Waals surface area contributed by atoms with E-state index in [1.165, 1.54) is 35.9 Å². The molecule has 5 nitrogen and oxygen atoms in total. The van der Waals surface area contributed by atoms with E-state index >= 15 is 0 Å². The number of nitro benzene ring substituents is 1. The van der Waals surface area contributed by atoms with Crippen LogP contribution in [0.3, 0.4) is 0 Å². The number of nitrogens with zero attached hydrogens (tertiary/aromatic N) is 1. The van der Waals surface area contributed by atoms with Crippen molar-refractivity contribution in [3.63, 3.8) is 0 Å². The van der Waals surface area contributed by atoms with Gasteiger partial charge >= 0.3 is 0 Å². The Labute approximate surface area is 134 Å². The van der Waals surface area contributed by atoms with E-state index in [9.17, 15) is 14.9 Å². The van der Waals surface area contributed by atoms with Crippen molar-refractivity contribution in [3.8, 4) is 0 Å². The van der Waals surface area contributed by atoms with Gasteiger partial charge in [0.1, 0.15) is 0 Å². The summed E-state index contributed by atoms with van der Waals surface area (Å²) in [7, 11) is 0. The van der Waals surface area contributed by atoms with E-state index in [-0.39, 0.29) is 11.6 Å². The largest absolute Gasteiger partial charge is 0.323 e. The maximum atomic E-state index is 11.8. The average Bonchev–Trinajstić information content (AvgIpc) is 2.54. The molecule has 2 rings (SSSR count). The number of benzene rings is 2. The first-order chi connectivity index (χ1) is 11.0. The monoisotopic (exact) mass is 310 g/mol. The van der Waals surface area contributed by atoms with E-state index in [0.29, 0.717) is 11.6 Å². The van der Waals surface area contributed by atoms with Gasteiger partial charge in [0.05, 0.1) is 4.92 Å². The first kappa shape index (κ1) is 16.4. The smallest absolute Gasteiger partial charge is 0.269 e. The molecule has 0 spiro atoms. The highest BCUT2D eigenvalue weighted by atomic mass is 16.6. The normalized spacial score (nSPS) is 10.9. The lowest BCUT2D eigenvalue weighted by atomic mass is 10.0. The molecule has 0 unspecified atom stereocenters. The molecule has 118 valence electrons. The number of carbonyl (C=O) groups is 1. The van der Waals surface area contributed by atoms with Crippen LogP contribution in [-0.4, -0.2) is 10.8 Å². The van der Waals surface area contributed by atoms with Gasteiger partial charge in [-0.05, 0) is 35.3 Å². The van der Waals surface area contributed by atoms with Gasteiger partial charge in [0, 0.05) is 23.9 Å². The molecule has 0 aromatic heterocycles. The molecule has 0 aliphatic heterocycles. The average molecular weight is 310 g/mol. The predicted molar refractivity (Wildman–Crippen MR) is 91.3 cm³/mol. The van der Waals surface area contributed by atoms with E-state index in [1.54, 1.807) is 6.08 Å². The van der Waals surface area contributed by atoms with E-state index in [4.69, 9.17) is 0 Å². The number of non-ortho nitro benzene ring substituents is 1. The summed E-state index contributed by atoms with van der Waals surface area (Å²) in [6, 6.07) is 13.7. The maximum absolute atomic E-state index is 11.8. The zero-order valence-corrected chi connectivity index (χ0v) is 13.0. The molecule has 1 amide bonds. The van der Waals surface area contributed by atoms with E-state index in [0.717, 1.165) is 5.56 Å². The fourth-order valence-electron chi connectivity index (χ4n) is 2.01. The predicted octanol–water partition coefficient (Wildman–Crippen LogP) is 4.37. The number of rotatable bonds is 5. The zero-order chi connectivity index (χ0) is 16.8. The summed E-state index contributed by atoms with van der Waals surface area (Å²) in [6.45, 7) is 4.25. The molecule has 2 aromatic rings. The lowest BCUT2D eigenvalue weighted by molar-refractivity contribution is -0.384. The molecule has 5 heteroatoms. The van der Waals surface area contributed by atoms with E-state index in [2.05, 4.69) is 19.2 Å². The lowest BCUT2D eigenvalue weighted by Crippen LogP contribution is -2.07. The van der Waals surface area contributed by atoms with Gasteiger partial charge in [-0.2, -0.15) is 0 Å². The molecule has 0 fully saturated rings. The van der Waals surface area contributed by atoms with Crippen molar-refractivity contribution < 1.29 is 9.72 Å². The van der Waals surface area contributed by atoms with Crippen molar-refractivity contribution in [1.29, 1.82) is 0 Å². The Morgan fingerprint density at radius 3 is 2.22 bits per heavy atom. The van der Waals surface area contributed by atoms with Crippen LogP contribution in [0.1, 0.15) is 30.9 Å². The lowest BCUT2D eigenvalue weighted by Gasteiger charge is -2.04. The molecule has 0 radical (unpaired) electrons. The Bertz CT molecular complexity index is 717. The summed E-state index contributed by atoms with van der Waals surface area (Å²) in [5, 5.41) is 13.2. The van der Waals surface area contributed by atoms with Crippen LogP contribution in [0.4, 0.5) is 11.4 Å². The van der Waals surface area contributed by atoms with Crippen molar-refractivity contribution >= 4 is 23.4 Å². The fraction of sp³-hybridized carbons (Fsp3) is 0.167. The molecule has 2 aromatic carbocycles. The van der Waals surface area contributed by atoms with Gasteiger partial charge in [-0.3, -0.25) is 14.9 Å². The van der Waals surface area contributed by atoms with Gasteiger partial charge in [0.2, 0.25) is 5.91 Å². The molecule has 0 bridgehead atoms. The molecular formula is C18H18N2O3.